The number of H-pyrrole nitrogens is 1. The van der Waals surface area contributed by atoms with Gasteiger partial charge in [0.1, 0.15) is 17.6 Å². The summed E-state index contributed by atoms with van der Waals surface area (Å²) in [7, 11) is 0. The van der Waals surface area contributed by atoms with Crippen LogP contribution in [0.25, 0.3) is 0 Å². The molecule has 4 heteroatoms. The molecule has 2 rings (SSSR count). The van der Waals surface area contributed by atoms with Crippen LogP contribution in [-0.2, 0) is 0 Å². The molecule has 2 nitrogen and oxygen atoms in total. The average Bonchev–Trinajstić information content (AvgIpc) is 2.78. The van der Waals surface area contributed by atoms with Crippen LogP contribution in [0.15, 0.2) is 36.7 Å². The summed E-state index contributed by atoms with van der Waals surface area (Å²) in [4.78, 5) is 2.78. The Bertz CT molecular complexity index is 526. The van der Waals surface area contributed by atoms with Gasteiger partial charge in [-0.3, -0.25) is 0 Å². The van der Waals surface area contributed by atoms with E-state index in [4.69, 9.17) is 5.26 Å². The summed E-state index contributed by atoms with van der Waals surface area (Å²) in [5, 5.41) is 9.01. The maximum absolute atomic E-state index is 13.5. The standard InChI is InChI=1S/C12H8F2N2/c13-9-1-2-12(14)10(5-9)11(6-15)8-3-4-16-7-8/h1-5,7,11,16H. The number of benzene rings is 1. The van der Waals surface area contributed by atoms with Gasteiger partial charge in [-0.15, -0.1) is 0 Å². The molecule has 0 radical (unpaired) electrons. The summed E-state index contributed by atoms with van der Waals surface area (Å²) in [5.41, 5.74) is 0.675. The number of nitriles is 1. The summed E-state index contributed by atoms with van der Waals surface area (Å²) < 4.78 is 26.5. The molecule has 0 aliphatic rings. The predicted molar refractivity (Wildman–Crippen MR) is 54.6 cm³/mol. The number of hydrogen-bond acceptors (Lipinski definition) is 1. The Morgan fingerprint density at radius 1 is 1.25 bits per heavy atom. The predicted octanol–water partition coefficient (Wildman–Crippen LogP) is 2.95. The Labute approximate surface area is 91.2 Å². The summed E-state index contributed by atoms with van der Waals surface area (Å²) in [5.74, 6) is -1.91. The normalized spacial score (nSPS) is 12.1. The molecular formula is C12H8F2N2. The van der Waals surface area contributed by atoms with Gasteiger partial charge in [-0.1, -0.05) is 0 Å². The molecule has 80 valence electrons. The van der Waals surface area contributed by atoms with Gasteiger partial charge >= 0.3 is 0 Å². The zero-order chi connectivity index (χ0) is 11.5. The fourth-order valence-corrected chi connectivity index (χ4v) is 1.58. The molecule has 0 saturated heterocycles. The number of aromatic amines is 1. The molecule has 1 heterocycles. The molecular weight excluding hydrogens is 210 g/mol. The number of rotatable bonds is 2. The minimum atomic E-state index is -0.790. The van der Waals surface area contributed by atoms with Crippen LogP contribution in [0.5, 0.6) is 0 Å². The molecule has 0 amide bonds. The quantitative estimate of drug-likeness (QED) is 0.827. The van der Waals surface area contributed by atoms with Crippen molar-refractivity contribution in [3.63, 3.8) is 0 Å². The number of halogens is 2. The fraction of sp³-hybridized carbons (Fsp3) is 0.0833. The van der Waals surface area contributed by atoms with E-state index >= 15 is 0 Å². The monoisotopic (exact) mass is 218 g/mol. The van der Waals surface area contributed by atoms with Crippen LogP contribution in [0.3, 0.4) is 0 Å². The van der Waals surface area contributed by atoms with Crippen molar-refractivity contribution < 1.29 is 8.78 Å². The molecule has 0 bridgehead atoms. The van der Waals surface area contributed by atoms with Crippen molar-refractivity contribution in [2.45, 2.75) is 5.92 Å². The van der Waals surface area contributed by atoms with E-state index in [1.54, 1.807) is 18.5 Å². The first-order chi connectivity index (χ1) is 7.72. The number of nitrogens with one attached hydrogen (secondary N) is 1. The van der Waals surface area contributed by atoms with E-state index in [0.717, 1.165) is 18.2 Å². The van der Waals surface area contributed by atoms with Gasteiger partial charge in [0, 0.05) is 18.0 Å². The lowest BCUT2D eigenvalue weighted by atomic mass is 9.94. The van der Waals surface area contributed by atoms with E-state index in [-0.39, 0.29) is 5.56 Å². The van der Waals surface area contributed by atoms with Crippen LogP contribution in [0, 0.1) is 23.0 Å². The number of nitrogens with zero attached hydrogens (tertiary/aromatic N) is 1. The van der Waals surface area contributed by atoms with Crippen LogP contribution in [0.2, 0.25) is 0 Å². The molecule has 2 aromatic rings. The van der Waals surface area contributed by atoms with Gasteiger partial charge in [-0.2, -0.15) is 5.26 Å². The van der Waals surface area contributed by atoms with Crippen molar-refractivity contribution in [2.24, 2.45) is 0 Å². The van der Waals surface area contributed by atoms with Crippen LogP contribution < -0.4 is 0 Å². The third kappa shape index (κ3) is 1.80. The zero-order valence-corrected chi connectivity index (χ0v) is 8.24. The number of aromatic nitrogens is 1. The molecule has 1 aromatic carbocycles. The lowest BCUT2D eigenvalue weighted by Gasteiger charge is -2.08. The summed E-state index contributed by atoms with van der Waals surface area (Å²) in [6.45, 7) is 0. The van der Waals surface area contributed by atoms with Crippen LogP contribution >= 0.6 is 0 Å². The Balaban J connectivity index is 2.50. The van der Waals surface area contributed by atoms with Gasteiger partial charge in [-0.05, 0) is 29.8 Å². The average molecular weight is 218 g/mol. The summed E-state index contributed by atoms with van der Waals surface area (Å²) in [6.07, 6.45) is 3.23. The van der Waals surface area contributed by atoms with E-state index in [2.05, 4.69) is 4.98 Å². The highest BCUT2D eigenvalue weighted by Gasteiger charge is 2.18. The van der Waals surface area contributed by atoms with Gasteiger partial charge in [0.15, 0.2) is 0 Å². The van der Waals surface area contributed by atoms with Crippen molar-refractivity contribution in [1.29, 1.82) is 5.26 Å². The maximum atomic E-state index is 13.5. The molecule has 0 aliphatic heterocycles. The maximum Gasteiger partial charge on any atom is 0.128 e. The van der Waals surface area contributed by atoms with Gasteiger partial charge in [0.05, 0.1) is 6.07 Å². The minimum Gasteiger partial charge on any atom is -0.367 e. The molecule has 0 aliphatic carbocycles. The topological polar surface area (TPSA) is 39.6 Å². The van der Waals surface area contributed by atoms with Crippen LogP contribution in [0.4, 0.5) is 8.78 Å². The lowest BCUT2D eigenvalue weighted by molar-refractivity contribution is 0.584. The third-order valence-electron chi connectivity index (χ3n) is 2.35. The second-order valence-corrected chi connectivity index (χ2v) is 3.37. The third-order valence-corrected chi connectivity index (χ3v) is 2.35. The van der Waals surface area contributed by atoms with Gasteiger partial charge in [-0.25, -0.2) is 8.78 Å². The molecule has 16 heavy (non-hydrogen) atoms. The lowest BCUT2D eigenvalue weighted by Crippen LogP contribution is -2.01. The number of hydrogen-bond donors (Lipinski definition) is 1. The van der Waals surface area contributed by atoms with E-state index in [0.29, 0.717) is 5.56 Å². The highest BCUT2D eigenvalue weighted by atomic mass is 19.1. The first kappa shape index (κ1) is 10.4. The molecule has 1 N–H and O–H groups in total. The second-order valence-electron chi connectivity index (χ2n) is 3.37. The Morgan fingerprint density at radius 2 is 2.06 bits per heavy atom. The molecule has 0 fully saturated rings. The van der Waals surface area contributed by atoms with Crippen molar-refractivity contribution >= 4 is 0 Å². The van der Waals surface area contributed by atoms with Crippen molar-refractivity contribution in [2.75, 3.05) is 0 Å². The van der Waals surface area contributed by atoms with Gasteiger partial charge in [0.2, 0.25) is 0 Å². The molecule has 0 saturated carbocycles. The van der Waals surface area contributed by atoms with Gasteiger partial charge < -0.3 is 4.98 Å². The van der Waals surface area contributed by atoms with Gasteiger partial charge in [0.25, 0.3) is 0 Å². The highest BCUT2D eigenvalue weighted by Crippen LogP contribution is 2.26. The fourth-order valence-electron chi connectivity index (χ4n) is 1.58. The molecule has 1 atom stereocenters. The summed E-state index contributed by atoms with van der Waals surface area (Å²) >= 11 is 0. The minimum absolute atomic E-state index is 0.0575. The Morgan fingerprint density at radius 3 is 2.69 bits per heavy atom. The van der Waals surface area contributed by atoms with Crippen molar-refractivity contribution in [3.05, 3.63) is 59.4 Å². The molecule has 0 spiro atoms. The van der Waals surface area contributed by atoms with E-state index in [1.807, 2.05) is 6.07 Å². The van der Waals surface area contributed by atoms with E-state index < -0.39 is 17.6 Å². The molecule has 1 aromatic heterocycles. The smallest absolute Gasteiger partial charge is 0.128 e. The largest absolute Gasteiger partial charge is 0.367 e. The second kappa shape index (κ2) is 4.15. The first-order valence-electron chi connectivity index (χ1n) is 4.69. The van der Waals surface area contributed by atoms with Crippen LogP contribution in [-0.4, -0.2) is 4.98 Å². The summed E-state index contributed by atoms with van der Waals surface area (Å²) in [6, 6.07) is 6.74. The van der Waals surface area contributed by atoms with Crippen molar-refractivity contribution in [3.8, 4) is 6.07 Å². The molecule has 1 unspecified atom stereocenters. The van der Waals surface area contributed by atoms with E-state index in [1.165, 1.54) is 0 Å². The Hall–Kier alpha value is -2.15. The van der Waals surface area contributed by atoms with E-state index in [9.17, 15) is 8.78 Å². The zero-order valence-electron chi connectivity index (χ0n) is 8.24. The first-order valence-corrected chi connectivity index (χ1v) is 4.69. The van der Waals surface area contributed by atoms with Crippen LogP contribution in [0.1, 0.15) is 17.0 Å². The Kier molecular flexibility index (Phi) is 2.69. The van der Waals surface area contributed by atoms with Crippen molar-refractivity contribution in [1.82, 2.24) is 4.98 Å². The highest BCUT2D eigenvalue weighted by molar-refractivity contribution is 5.37. The SMILES string of the molecule is N#CC(c1cc[nH]c1)c1cc(F)ccc1F.